The summed E-state index contributed by atoms with van der Waals surface area (Å²) in [6.45, 7) is 1.70. The largest absolute Gasteiger partial charge is 0.379 e. The Hall–Kier alpha value is -0.690. The van der Waals surface area contributed by atoms with Crippen LogP contribution in [0.15, 0.2) is 0 Å². The zero-order valence-corrected chi connectivity index (χ0v) is 5.33. The molecule has 0 saturated heterocycles. The summed E-state index contributed by atoms with van der Waals surface area (Å²) in [5, 5.41) is 14.7. The Labute approximate surface area is 52.4 Å². The van der Waals surface area contributed by atoms with Crippen LogP contribution in [0.2, 0.25) is 0 Å². The third kappa shape index (κ3) is 3.50. The van der Waals surface area contributed by atoms with Gasteiger partial charge in [0, 0.05) is 0 Å². The first kappa shape index (κ1) is 7.31. The van der Waals surface area contributed by atoms with Crippen molar-refractivity contribution >= 4 is 16.9 Å². The molecule has 0 bridgehead atoms. The van der Waals surface area contributed by atoms with Crippen molar-refractivity contribution in [3.05, 3.63) is 0 Å². The zero-order valence-electron chi connectivity index (χ0n) is 4.51. The summed E-state index contributed by atoms with van der Waals surface area (Å²) in [6.07, 6.45) is 0. The molecule has 0 aliphatic carbocycles. The fraction of sp³-hybridized carbons (Fsp3) is 0.500. The zero-order chi connectivity index (χ0) is 6.57. The van der Waals surface area contributed by atoms with Crippen molar-refractivity contribution < 1.29 is 0 Å². The van der Waals surface area contributed by atoms with Crippen LogP contribution < -0.4 is 5.73 Å². The highest BCUT2D eigenvalue weighted by molar-refractivity contribution is 8.14. The predicted octanol–water partition coefficient (Wildman–Crippen LogP) is 0.525. The van der Waals surface area contributed by atoms with Gasteiger partial charge in [-0.15, -0.1) is 0 Å². The lowest BCUT2D eigenvalue weighted by atomic mass is 10.5. The molecule has 3 nitrogen and oxygen atoms in total. The van der Waals surface area contributed by atoms with E-state index in [0.29, 0.717) is 0 Å². The summed E-state index contributed by atoms with van der Waals surface area (Å²) in [5.41, 5.74) is 4.96. The van der Waals surface area contributed by atoms with E-state index in [1.54, 1.807) is 6.92 Å². The maximum absolute atomic E-state index is 8.16. The van der Waals surface area contributed by atoms with Crippen LogP contribution in [0.1, 0.15) is 6.92 Å². The van der Waals surface area contributed by atoms with Gasteiger partial charge in [0.25, 0.3) is 0 Å². The molecule has 3 N–H and O–H groups in total. The average Bonchev–Trinajstić information content (AvgIpc) is 1.65. The lowest BCUT2D eigenvalue weighted by Gasteiger charge is -1.95. The minimum Gasteiger partial charge on any atom is -0.379 e. The normalized spacial score (nSPS) is 12.0. The molecule has 0 fully saturated rings. The van der Waals surface area contributed by atoms with Crippen molar-refractivity contribution in [1.82, 2.24) is 0 Å². The number of thioether (sulfide) groups is 1. The van der Waals surface area contributed by atoms with Gasteiger partial charge < -0.3 is 5.73 Å². The van der Waals surface area contributed by atoms with E-state index >= 15 is 0 Å². The molecule has 0 rings (SSSR count). The second-order valence-corrected chi connectivity index (χ2v) is 2.64. The molecule has 0 heterocycles. The second kappa shape index (κ2) is 3.33. The second-order valence-electron chi connectivity index (χ2n) is 1.25. The van der Waals surface area contributed by atoms with Gasteiger partial charge >= 0.3 is 0 Å². The Bertz CT molecular complexity index is 126. The smallest absolute Gasteiger partial charge is 0.152 e. The first-order valence-corrected chi connectivity index (χ1v) is 2.95. The molecule has 4 heteroatoms. The summed E-state index contributed by atoms with van der Waals surface area (Å²) < 4.78 is 0. The van der Waals surface area contributed by atoms with Crippen molar-refractivity contribution in [2.24, 2.45) is 5.73 Å². The molecule has 0 aromatic carbocycles. The van der Waals surface area contributed by atoms with Gasteiger partial charge in [-0.05, 0) is 6.92 Å². The topological polar surface area (TPSA) is 73.7 Å². The van der Waals surface area contributed by atoms with E-state index in [-0.39, 0.29) is 10.4 Å². The lowest BCUT2D eigenvalue weighted by Crippen LogP contribution is -2.08. The molecule has 0 aliphatic rings. The summed E-state index contributed by atoms with van der Waals surface area (Å²) in [4.78, 5) is 0. The van der Waals surface area contributed by atoms with Gasteiger partial charge in [-0.1, -0.05) is 11.8 Å². The van der Waals surface area contributed by atoms with Crippen LogP contribution in [0, 0.1) is 16.7 Å². The summed E-state index contributed by atoms with van der Waals surface area (Å²) >= 11 is 1.05. The molecule has 1 atom stereocenters. The number of nitriles is 1. The van der Waals surface area contributed by atoms with Crippen LogP contribution >= 0.6 is 11.8 Å². The van der Waals surface area contributed by atoms with Crippen LogP contribution in [0.4, 0.5) is 0 Å². The third-order valence-corrected chi connectivity index (χ3v) is 1.20. The standard InChI is InChI=1S/C4H7N3S/c1-3(2-5)8-4(6)7/h3H,1H3,(H3,6,7). The van der Waals surface area contributed by atoms with Gasteiger partial charge in [-0.25, -0.2) is 0 Å². The number of nitrogens with zero attached hydrogens (tertiary/aromatic N) is 1. The summed E-state index contributed by atoms with van der Waals surface area (Å²) in [6, 6.07) is 1.94. The number of nitrogens with two attached hydrogens (primary N) is 1. The van der Waals surface area contributed by atoms with Crippen molar-refractivity contribution in [3.8, 4) is 6.07 Å². The number of nitrogens with one attached hydrogen (secondary N) is 1. The number of hydrogen-bond donors (Lipinski definition) is 2. The molecule has 0 amide bonds. The minimum absolute atomic E-state index is 0.000880. The highest BCUT2D eigenvalue weighted by atomic mass is 32.2. The summed E-state index contributed by atoms with van der Waals surface area (Å²) in [5.74, 6) is 0. The van der Waals surface area contributed by atoms with E-state index < -0.39 is 0 Å². The molecule has 0 aliphatic heterocycles. The quantitative estimate of drug-likeness (QED) is 0.400. The molecule has 44 valence electrons. The van der Waals surface area contributed by atoms with Crippen molar-refractivity contribution in [3.63, 3.8) is 0 Å². The van der Waals surface area contributed by atoms with E-state index in [2.05, 4.69) is 0 Å². The van der Waals surface area contributed by atoms with E-state index in [1.165, 1.54) is 0 Å². The lowest BCUT2D eigenvalue weighted by molar-refractivity contribution is 1.25. The predicted molar refractivity (Wildman–Crippen MR) is 34.6 cm³/mol. The molecular weight excluding hydrogens is 122 g/mol. The molecular formula is C4H7N3S. The first-order chi connectivity index (χ1) is 3.66. The average molecular weight is 129 g/mol. The van der Waals surface area contributed by atoms with Gasteiger partial charge in [0.05, 0.1) is 11.3 Å². The van der Waals surface area contributed by atoms with Crippen LogP contribution in [0.5, 0.6) is 0 Å². The molecule has 1 unspecified atom stereocenters. The highest BCUT2D eigenvalue weighted by Crippen LogP contribution is 2.05. The molecule has 0 aromatic rings. The van der Waals surface area contributed by atoms with Crippen LogP contribution in [0.25, 0.3) is 0 Å². The van der Waals surface area contributed by atoms with Crippen molar-refractivity contribution in [1.29, 1.82) is 10.7 Å². The van der Waals surface area contributed by atoms with Crippen LogP contribution in [0.3, 0.4) is 0 Å². The van der Waals surface area contributed by atoms with Crippen LogP contribution in [-0.2, 0) is 0 Å². The Kier molecular flexibility index (Phi) is 3.04. The van der Waals surface area contributed by atoms with Gasteiger partial charge in [-0.2, -0.15) is 5.26 Å². The van der Waals surface area contributed by atoms with Gasteiger partial charge in [0.2, 0.25) is 0 Å². The summed E-state index contributed by atoms with van der Waals surface area (Å²) in [7, 11) is 0. The maximum atomic E-state index is 8.16. The molecule has 0 aromatic heterocycles. The molecule has 8 heavy (non-hydrogen) atoms. The minimum atomic E-state index is -0.201. The molecule has 0 spiro atoms. The van der Waals surface area contributed by atoms with E-state index in [9.17, 15) is 0 Å². The number of hydrogen-bond acceptors (Lipinski definition) is 3. The number of rotatable bonds is 1. The Morgan fingerprint density at radius 1 is 2.00 bits per heavy atom. The highest BCUT2D eigenvalue weighted by Gasteiger charge is 1.99. The van der Waals surface area contributed by atoms with E-state index in [0.717, 1.165) is 11.8 Å². The van der Waals surface area contributed by atoms with Gasteiger partial charge in [0.15, 0.2) is 5.17 Å². The Morgan fingerprint density at radius 2 is 2.50 bits per heavy atom. The monoisotopic (exact) mass is 129 g/mol. The van der Waals surface area contributed by atoms with E-state index in [1.807, 2.05) is 6.07 Å². The van der Waals surface area contributed by atoms with Crippen molar-refractivity contribution in [2.45, 2.75) is 12.2 Å². The molecule has 0 saturated carbocycles. The maximum Gasteiger partial charge on any atom is 0.152 e. The van der Waals surface area contributed by atoms with Crippen molar-refractivity contribution in [2.75, 3.05) is 0 Å². The fourth-order valence-electron chi connectivity index (χ4n) is 0.217. The molecule has 0 radical (unpaired) electrons. The SMILES string of the molecule is CC(C#N)SC(=N)N. The fourth-order valence-corrected chi connectivity index (χ4v) is 0.650. The number of amidine groups is 1. The Morgan fingerprint density at radius 3 is 2.62 bits per heavy atom. The van der Waals surface area contributed by atoms with E-state index in [4.69, 9.17) is 16.4 Å². The Balaban J connectivity index is 3.43. The van der Waals surface area contributed by atoms with Crippen LogP contribution in [-0.4, -0.2) is 10.4 Å². The van der Waals surface area contributed by atoms with Gasteiger partial charge in [0.1, 0.15) is 0 Å². The third-order valence-electron chi connectivity index (χ3n) is 0.486. The first-order valence-electron chi connectivity index (χ1n) is 2.07. The van der Waals surface area contributed by atoms with Gasteiger partial charge in [-0.3, -0.25) is 5.41 Å².